The summed E-state index contributed by atoms with van der Waals surface area (Å²) in [6, 6.07) is 12.9. The summed E-state index contributed by atoms with van der Waals surface area (Å²) >= 11 is 0. The summed E-state index contributed by atoms with van der Waals surface area (Å²) in [5.41, 5.74) is 2.53. The smallest absolute Gasteiger partial charge is 0.241 e. The Morgan fingerprint density at radius 3 is 2.80 bits per heavy atom. The average molecular weight is 342 g/mol. The van der Waals surface area contributed by atoms with Crippen molar-refractivity contribution in [1.82, 2.24) is 5.32 Å². The third-order valence-corrected chi connectivity index (χ3v) is 4.66. The van der Waals surface area contributed by atoms with E-state index in [0.717, 1.165) is 24.9 Å². The Morgan fingerprint density at radius 2 is 2.08 bits per heavy atom. The lowest BCUT2D eigenvalue weighted by atomic mass is 9.96. The minimum atomic E-state index is -0.482. The number of hydrogen-bond donors (Lipinski definition) is 2. The molecular weight excluding hydrogens is 319 g/mol. The molecule has 1 heterocycles. The fourth-order valence-corrected chi connectivity index (χ4v) is 3.28. The van der Waals surface area contributed by atoms with Crippen molar-refractivity contribution in [2.24, 2.45) is 5.92 Å². The molecule has 3 rings (SSSR count). The first kappa shape index (κ1) is 17.4. The summed E-state index contributed by atoms with van der Waals surface area (Å²) in [7, 11) is 1.42. The number of ether oxygens (including phenoxy) is 1. The van der Waals surface area contributed by atoms with Gasteiger partial charge in [0.1, 0.15) is 0 Å². The van der Waals surface area contributed by atoms with E-state index in [4.69, 9.17) is 4.74 Å². The fraction of sp³-hybridized carbons (Fsp3) is 0.350. The van der Waals surface area contributed by atoms with E-state index in [1.807, 2.05) is 25.1 Å². The lowest BCUT2D eigenvalue weighted by Gasteiger charge is -2.14. The number of anilines is 1. The van der Waals surface area contributed by atoms with Gasteiger partial charge in [0.15, 0.2) is 11.6 Å². The van der Waals surface area contributed by atoms with Gasteiger partial charge < -0.3 is 15.4 Å². The number of methoxy groups -OCH3 is 1. The summed E-state index contributed by atoms with van der Waals surface area (Å²) in [5, 5.41) is 6.10. The maximum Gasteiger partial charge on any atom is 0.241 e. The summed E-state index contributed by atoms with van der Waals surface area (Å²) in [5.74, 6) is -0.00257. The van der Waals surface area contributed by atoms with Crippen molar-refractivity contribution in [2.75, 3.05) is 19.0 Å². The molecule has 4 nitrogen and oxygen atoms in total. The van der Waals surface area contributed by atoms with Crippen molar-refractivity contribution >= 4 is 11.6 Å². The minimum Gasteiger partial charge on any atom is -0.494 e. The Kier molecular flexibility index (Phi) is 5.34. The van der Waals surface area contributed by atoms with Gasteiger partial charge in [0.2, 0.25) is 5.91 Å². The van der Waals surface area contributed by atoms with E-state index in [1.165, 1.54) is 18.7 Å². The predicted molar refractivity (Wildman–Crippen MR) is 96.4 cm³/mol. The zero-order chi connectivity index (χ0) is 17.8. The second kappa shape index (κ2) is 7.66. The highest BCUT2D eigenvalue weighted by Gasteiger charge is 2.29. The first-order valence-corrected chi connectivity index (χ1v) is 8.49. The van der Waals surface area contributed by atoms with Gasteiger partial charge in [-0.1, -0.05) is 30.3 Å². The minimum absolute atomic E-state index is 0.122. The van der Waals surface area contributed by atoms with Crippen molar-refractivity contribution in [1.29, 1.82) is 0 Å². The molecule has 0 unspecified atom stereocenters. The van der Waals surface area contributed by atoms with E-state index < -0.39 is 5.82 Å². The summed E-state index contributed by atoms with van der Waals surface area (Å²) in [4.78, 5) is 12.5. The summed E-state index contributed by atoms with van der Waals surface area (Å²) in [6.45, 7) is 2.63. The molecule has 1 aliphatic heterocycles. The van der Waals surface area contributed by atoms with Crippen LogP contribution in [0.2, 0.25) is 0 Å². The Morgan fingerprint density at radius 1 is 1.32 bits per heavy atom. The van der Waals surface area contributed by atoms with Crippen LogP contribution in [0, 0.1) is 18.7 Å². The number of carbonyl (C=O) groups excluding carboxylic acids is 1. The zero-order valence-corrected chi connectivity index (χ0v) is 14.5. The van der Waals surface area contributed by atoms with Gasteiger partial charge in [0.25, 0.3) is 0 Å². The van der Waals surface area contributed by atoms with Crippen molar-refractivity contribution in [2.45, 2.75) is 25.8 Å². The van der Waals surface area contributed by atoms with Crippen molar-refractivity contribution in [3.05, 3.63) is 59.4 Å². The molecule has 5 heteroatoms. The van der Waals surface area contributed by atoms with Crippen LogP contribution in [0.15, 0.2) is 42.5 Å². The normalized spacial score (nSPS) is 19.6. The van der Waals surface area contributed by atoms with Crippen LogP contribution in [-0.2, 0) is 11.2 Å². The molecule has 0 spiro atoms. The molecule has 0 aliphatic carbocycles. The van der Waals surface area contributed by atoms with Crippen molar-refractivity contribution in [3.63, 3.8) is 0 Å². The third kappa shape index (κ3) is 4.17. The molecule has 1 fully saturated rings. The number of rotatable bonds is 5. The molecule has 0 bridgehead atoms. The standard InChI is InChI=1S/C20H23FN2O2/c1-13-8-19(25-2)16(21)11-17(13)23-20(24)18-10-15(12-22-18)9-14-6-4-3-5-7-14/h3-8,11,15,18,22H,9-10,12H2,1-2H3,(H,23,24)/t15-,18-/m0/s1. The molecular formula is C20H23FN2O2. The van der Waals surface area contributed by atoms with Crippen LogP contribution >= 0.6 is 0 Å². The summed E-state index contributed by atoms with van der Waals surface area (Å²) < 4.78 is 18.8. The highest BCUT2D eigenvalue weighted by Crippen LogP contribution is 2.26. The third-order valence-electron chi connectivity index (χ3n) is 4.66. The van der Waals surface area contributed by atoms with E-state index in [2.05, 4.69) is 22.8 Å². The molecule has 1 amide bonds. The molecule has 0 aromatic heterocycles. The van der Waals surface area contributed by atoms with Gasteiger partial charge in [-0.05, 0) is 49.4 Å². The van der Waals surface area contributed by atoms with E-state index in [1.54, 1.807) is 6.07 Å². The number of carbonyl (C=O) groups is 1. The van der Waals surface area contributed by atoms with Crippen LogP contribution in [-0.4, -0.2) is 25.6 Å². The van der Waals surface area contributed by atoms with Crippen molar-refractivity contribution < 1.29 is 13.9 Å². The maximum absolute atomic E-state index is 13.9. The maximum atomic E-state index is 13.9. The Labute approximate surface area is 147 Å². The van der Waals surface area contributed by atoms with Gasteiger partial charge in [-0.15, -0.1) is 0 Å². The molecule has 25 heavy (non-hydrogen) atoms. The van der Waals surface area contributed by atoms with Gasteiger partial charge >= 0.3 is 0 Å². The number of benzene rings is 2. The Hall–Kier alpha value is -2.40. The van der Waals surface area contributed by atoms with Gasteiger partial charge in [-0.2, -0.15) is 0 Å². The van der Waals surface area contributed by atoms with Crippen molar-refractivity contribution in [3.8, 4) is 5.75 Å². The molecule has 132 valence electrons. The largest absolute Gasteiger partial charge is 0.494 e. The second-order valence-corrected chi connectivity index (χ2v) is 6.54. The predicted octanol–water partition coefficient (Wildman–Crippen LogP) is 3.30. The SMILES string of the molecule is COc1cc(C)c(NC(=O)[C@@H]2C[C@H](Cc3ccccc3)CN2)cc1F. The first-order chi connectivity index (χ1) is 12.1. The molecule has 1 aliphatic rings. The van der Waals surface area contributed by atoms with E-state index in [0.29, 0.717) is 11.6 Å². The van der Waals surface area contributed by atoms with Gasteiger partial charge in [-0.3, -0.25) is 4.79 Å². The highest BCUT2D eigenvalue weighted by molar-refractivity contribution is 5.95. The molecule has 1 saturated heterocycles. The second-order valence-electron chi connectivity index (χ2n) is 6.54. The van der Waals surface area contributed by atoms with Crippen LogP contribution in [0.4, 0.5) is 10.1 Å². The monoisotopic (exact) mass is 342 g/mol. The van der Waals surface area contributed by atoms with Crippen LogP contribution in [0.25, 0.3) is 0 Å². The van der Waals surface area contributed by atoms with Crippen LogP contribution in [0.1, 0.15) is 17.5 Å². The zero-order valence-electron chi connectivity index (χ0n) is 14.5. The van der Waals surface area contributed by atoms with Gasteiger partial charge in [-0.25, -0.2) is 4.39 Å². The van der Waals surface area contributed by atoms with Crippen LogP contribution in [0.3, 0.4) is 0 Å². The van der Waals surface area contributed by atoms with Gasteiger partial charge in [0.05, 0.1) is 13.2 Å². The molecule has 0 radical (unpaired) electrons. The van der Waals surface area contributed by atoms with E-state index in [9.17, 15) is 9.18 Å². The quantitative estimate of drug-likeness (QED) is 0.876. The molecule has 2 atom stereocenters. The molecule has 2 aromatic rings. The number of nitrogens with one attached hydrogen (secondary N) is 2. The lowest BCUT2D eigenvalue weighted by Crippen LogP contribution is -2.35. The Balaban J connectivity index is 1.60. The molecule has 0 saturated carbocycles. The highest BCUT2D eigenvalue weighted by atomic mass is 19.1. The van der Waals surface area contributed by atoms with E-state index in [-0.39, 0.29) is 17.7 Å². The van der Waals surface area contributed by atoms with Crippen LogP contribution in [0.5, 0.6) is 5.75 Å². The topological polar surface area (TPSA) is 50.4 Å². The Bertz CT molecular complexity index is 749. The number of aryl methyl sites for hydroxylation is 1. The van der Waals surface area contributed by atoms with Gasteiger partial charge in [0, 0.05) is 11.8 Å². The van der Waals surface area contributed by atoms with Crippen LogP contribution < -0.4 is 15.4 Å². The lowest BCUT2D eigenvalue weighted by molar-refractivity contribution is -0.117. The number of halogens is 1. The summed E-state index contributed by atoms with van der Waals surface area (Å²) in [6.07, 6.45) is 1.73. The molecule has 2 N–H and O–H groups in total. The average Bonchev–Trinajstić information content (AvgIpc) is 3.07. The number of amides is 1. The van der Waals surface area contributed by atoms with E-state index >= 15 is 0 Å². The number of hydrogen-bond acceptors (Lipinski definition) is 3. The first-order valence-electron chi connectivity index (χ1n) is 8.49. The molecule has 2 aromatic carbocycles. The fourth-order valence-electron chi connectivity index (χ4n) is 3.28.